The number of carbonyl (C=O) groups excluding carboxylic acids is 1. The fourth-order valence-corrected chi connectivity index (χ4v) is 0.403. The first-order chi connectivity index (χ1) is 7.31. The monoisotopic (exact) mass is 260 g/mol. The molecule has 0 spiro atoms. The molecule has 0 aliphatic carbocycles. The highest BCUT2D eigenvalue weighted by atomic mass is 31.1. The fourth-order valence-electron chi connectivity index (χ4n) is 0.403. The van der Waals surface area contributed by atoms with Gasteiger partial charge < -0.3 is 24.7 Å². The van der Waals surface area contributed by atoms with E-state index in [9.17, 15) is 4.79 Å². The molecular weight excluding hydrogens is 239 g/mol. The van der Waals surface area contributed by atoms with Crippen LogP contribution in [0.5, 0.6) is 0 Å². The second kappa shape index (κ2) is 17.0. The summed E-state index contributed by atoms with van der Waals surface area (Å²) < 4.78 is 13.0. The highest BCUT2D eigenvalue weighted by Gasteiger charge is 1.89. The molecule has 0 aromatic rings. The Balaban J connectivity index is -0.000000162. The predicted molar refractivity (Wildman–Crippen MR) is 58.9 cm³/mol. The zero-order valence-corrected chi connectivity index (χ0v) is 10.7. The first-order valence-corrected chi connectivity index (χ1v) is 5.96. The number of hydrogen-bond acceptors (Lipinski definition) is 5. The Labute approximate surface area is 95.6 Å². The molecule has 0 saturated heterocycles. The van der Waals surface area contributed by atoms with E-state index >= 15 is 0 Å². The van der Waals surface area contributed by atoms with Crippen LogP contribution in [0.15, 0.2) is 0 Å². The van der Waals surface area contributed by atoms with Crippen LogP contribution in [0.25, 0.3) is 0 Å². The molecule has 0 aromatic carbocycles. The Kier molecular flexibility index (Phi) is 22.1. The van der Waals surface area contributed by atoms with E-state index in [0.717, 1.165) is 6.42 Å². The van der Waals surface area contributed by atoms with Crippen LogP contribution in [-0.2, 0) is 14.1 Å². The molecule has 0 aliphatic heterocycles. The third-order valence-electron chi connectivity index (χ3n) is 1.06. The van der Waals surface area contributed by atoms with Crippen LogP contribution in [-0.4, -0.2) is 39.4 Å². The van der Waals surface area contributed by atoms with Gasteiger partial charge in [0.25, 0.3) is 0 Å². The van der Waals surface area contributed by atoms with Crippen LogP contribution in [0.2, 0.25) is 0 Å². The van der Waals surface area contributed by atoms with Crippen LogP contribution >= 0.6 is 8.25 Å². The highest BCUT2D eigenvalue weighted by molar-refractivity contribution is 7.30. The van der Waals surface area contributed by atoms with Gasteiger partial charge in [-0.05, 0) is 6.42 Å². The van der Waals surface area contributed by atoms with Gasteiger partial charge in [-0.2, -0.15) is 0 Å². The zero-order valence-electron chi connectivity index (χ0n) is 9.71. The molecule has 0 amide bonds. The van der Waals surface area contributed by atoms with E-state index in [4.69, 9.17) is 24.6 Å². The maximum atomic E-state index is 9.96. The number of methoxy groups -OCH3 is 1. The van der Waals surface area contributed by atoms with E-state index < -0.39 is 14.5 Å². The minimum absolute atomic E-state index is 0.157. The lowest BCUT2D eigenvalue weighted by Gasteiger charge is -1.94. The van der Waals surface area contributed by atoms with Gasteiger partial charge in [-0.3, -0.25) is 9.36 Å². The lowest BCUT2D eigenvalue weighted by Crippen LogP contribution is -2.01. The smallest absolute Gasteiger partial charge is 0.314 e. The maximum absolute atomic E-state index is 9.96. The van der Waals surface area contributed by atoms with Crippen molar-refractivity contribution in [3.63, 3.8) is 0 Å². The molecule has 0 aliphatic rings. The van der Waals surface area contributed by atoms with Gasteiger partial charge in [0, 0.05) is 6.42 Å². The summed E-state index contributed by atoms with van der Waals surface area (Å²) in [4.78, 5) is 24.3. The van der Waals surface area contributed by atoms with Gasteiger partial charge in [0.05, 0.1) is 7.11 Å². The summed E-state index contributed by atoms with van der Waals surface area (Å²) in [5.41, 5.74) is 0. The van der Waals surface area contributed by atoms with Crippen molar-refractivity contribution in [1.82, 2.24) is 0 Å². The molecule has 0 unspecified atom stereocenters. The van der Waals surface area contributed by atoms with E-state index in [1.807, 2.05) is 6.92 Å². The summed E-state index contributed by atoms with van der Waals surface area (Å²) in [5, 5.41) is 16.2. The van der Waals surface area contributed by atoms with Crippen molar-refractivity contribution in [2.24, 2.45) is 0 Å². The molecule has 0 aromatic heterocycles. The van der Waals surface area contributed by atoms with Crippen LogP contribution in [0.4, 0.5) is 0 Å². The van der Waals surface area contributed by atoms with Crippen LogP contribution in [0, 0.1) is 0 Å². The quantitative estimate of drug-likeness (QED) is 0.320. The Morgan fingerprint density at radius 1 is 1.31 bits per heavy atom. The van der Waals surface area contributed by atoms with Crippen molar-refractivity contribution in [2.45, 2.75) is 39.4 Å². The van der Waals surface area contributed by atoms with Crippen molar-refractivity contribution >= 4 is 14.2 Å². The van der Waals surface area contributed by atoms with Crippen LogP contribution < -0.4 is 0 Å². The molecule has 100 valence electrons. The van der Waals surface area contributed by atoms with Gasteiger partial charge in [-0.15, -0.1) is 0 Å². The normalized spacial score (nSPS) is 8.81. The fraction of sp³-hybridized carbons (Fsp3) is 0.875. The average molecular weight is 260 g/mol. The van der Waals surface area contributed by atoms with Gasteiger partial charge in [-0.1, -0.05) is 20.3 Å². The Morgan fingerprint density at radius 3 is 1.69 bits per heavy atom. The van der Waals surface area contributed by atoms with Gasteiger partial charge in [-0.25, -0.2) is 0 Å². The van der Waals surface area contributed by atoms with Gasteiger partial charge in [0.15, 0.2) is 6.29 Å². The molecule has 7 nitrogen and oxygen atoms in total. The van der Waals surface area contributed by atoms with Crippen molar-refractivity contribution in [3.05, 3.63) is 0 Å². The summed E-state index contributed by atoms with van der Waals surface area (Å²) >= 11 is 0. The molecule has 16 heavy (non-hydrogen) atoms. The first-order valence-electron chi connectivity index (χ1n) is 4.66. The minimum Gasteiger partial charge on any atom is -0.469 e. The Morgan fingerprint density at radius 2 is 1.69 bits per heavy atom. The largest absolute Gasteiger partial charge is 0.469 e. The molecule has 0 rings (SSSR count). The van der Waals surface area contributed by atoms with E-state index in [-0.39, 0.29) is 5.97 Å². The van der Waals surface area contributed by atoms with E-state index in [1.54, 1.807) is 6.92 Å². The minimum atomic E-state index is -3.13. The number of ether oxygens (including phenoxy) is 1. The molecule has 0 saturated carbocycles. The summed E-state index contributed by atoms with van der Waals surface area (Å²) in [5.74, 6) is -0.157. The topological polar surface area (TPSA) is 124 Å². The van der Waals surface area contributed by atoms with E-state index in [1.165, 1.54) is 7.11 Å². The number of aliphatic hydroxyl groups is 2. The lowest BCUT2D eigenvalue weighted by molar-refractivity contribution is -0.140. The van der Waals surface area contributed by atoms with E-state index in [2.05, 4.69) is 4.74 Å². The third-order valence-corrected chi connectivity index (χ3v) is 1.06. The second-order valence-electron chi connectivity index (χ2n) is 2.48. The summed E-state index contributed by atoms with van der Waals surface area (Å²) in [7, 11) is -1.75. The molecule has 0 fully saturated rings. The van der Waals surface area contributed by atoms with Crippen molar-refractivity contribution in [2.75, 3.05) is 7.11 Å². The average Bonchev–Trinajstić information content (AvgIpc) is 2.16. The van der Waals surface area contributed by atoms with E-state index in [0.29, 0.717) is 12.8 Å². The van der Waals surface area contributed by atoms with Crippen LogP contribution in [0.3, 0.4) is 0 Å². The zero-order chi connectivity index (χ0) is 13.6. The number of carbonyl (C=O) groups is 1. The molecule has 0 bridgehead atoms. The molecule has 0 atom stereocenters. The van der Waals surface area contributed by atoms with Crippen LogP contribution in [0.1, 0.15) is 33.1 Å². The molecular formula is C8H21O7P. The summed E-state index contributed by atoms with van der Waals surface area (Å²) in [6.45, 7) is 3.66. The Bertz CT molecular complexity index is 162. The summed E-state index contributed by atoms with van der Waals surface area (Å²) in [6, 6.07) is 0. The molecule has 0 radical (unpaired) electrons. The first kappa shape index (κ1) is 20.9. The number of aliphatic hydroxyl groups excluding tert-OH is 1. The van der Waals surface area contributed by atoms with Crippen molar-refractivity contribution in [1.29, 1.82) is 0 Å². The summed E-state index contributed by atoms with van der Waals surface area (Å²) in [6.07, 6.45) is 0.684. The number of rotatable bonds is 3. The molecule has 4 N–H and O–H groups in total. The number of hydrogen-bond donors (Lipinski definition) is 4. The Hall–Kier alpha value is -0.460. The third kappa shape index (κ3) is 49.8. The number of esters is 1. The standard InChI is InChI=1S/C4H8O2.C4H10O2.H3O3P/c1-3-4(5)6-2;1-2-3-4(5)6;1-4(2)3/h3H2,1-2H3;4-6H,2-3H2,1H3;4H,(H2,1,2,3). The van der Waals surface area contributed by atoms with Gasteiger partial charge in [0.1, 0.15) is 0 Å². The van der Waals surface area contributed by atoms with Crippen molar-refractivity contribution in [3.8, 4) is 0 Å². The highest BCUT2D eigenvalue weighted by Crippen LogP contribution is 1.98. The molecule has 8 heteroatoms. The predicted octanol–water partition coefficient (Wildman–Crippen LogP) is 0.0273. The van der Waals surface area contributed by atoms with Gasteiger partial charge >= 0.3 is 14.2 Å². The van der Waals surface area contributed by atoms with Crippen molar-refractivity contribution < 1.29 is 34.1 Å². The maximum Gasteiger partial charge on any atom is 0.314 e. The second-order valence-corrected chi connectivity index (χ2v) is 3.05. The SMILES string of the molecule is CCC(=O)OC.CCCC(O)O.O=[PH](O)O. The lowest BCUT2D eigenvalue weighted by atomic mass is 10.3. The molecule has 0 heterocycles. The van der Waals surface area contributed by atoms with Gasteiger partial charge in [0.2, 0.25) is 0 Å².